The topological polar surface area (TPSA) is 69.9 Å². The predicted octanol–water partition coefficient (Wildman–Crippen LogP) is 12.8. The van der Waals surface area contributed by atoms with Gasteiger partial charge < -0.3 is 23.7 Å². The minimum atomic E-state index is 0.346. The summed E-state index contributed by atoms with van der Waals surface area (Å²) >= 11 is 0. The van der Waals surface area contributed by atoms with Gasteiger partial charge in [-0.15, -0.1) is 6.58 Å². The van der Waals surface area contributed by atoms with Gasteiger partial charge in [-0.2, -0.15) is 5.26 Å². The number of hydrogen-bond donors (Lipinski definition) is 0. The summed E-state index contributed by atoms with van der Waals surface area (Å²) in [6.45, 7) is 19.9. The van der Waals surface area contributed by atoms with Gasteiger partial charge in [-0.25, -0.2) is 0 Å². The predicted molar refractivity (Wildman–Crippen MR) is 210 cm³/mol. The van der Waals surface area contributed by atoms with Crippen molar-refractivity contribution in [2.45, 2.75) is 131 Å². The summed E-state index contributed by atoms with van der Waals surface area (Å²) in [5, 5.41) is 13.9. The van der Waals surface area contributed by atoms with E-state index in [2.05, 4.69) is 60.3 Å². The first-order valence-electron chi connectivity index (χ1n) is 19.7. The summed E-state index contributed by atoms with van der Waals surface area (Å²) in [7, 11) is 0. The standard InChI is InChI=1S/C44H65NO5/c1-8-13-16-18-21-24-46-39-28-37-36(30-45)26-35-27-41(48-23-20-15-10-3)43(49-31-33(6)11-4)44(50-32-34(7)12-5)42(35)38(37)29-40(39)47-25-22-19-17-14-9-2/h10,26-29,33-34H,3,8-9,11-25,31-32H2,1-2,4-7H3. The van der Waals surface area contributed by atoms with E-state index in [1.807, 2.05) is 24.3 Å². The Kier molecular flexibility index (Phi) is 18.8. The molecule has 0 aliphatic heterocycles. The van der Waals surface area contributed by atoms with E-state index < -0.39 is 0 Å². The summed E-state index contributed by atoms with van der Waals surface area (Å²) in [4.78, 5) is 0. The first kappa shape index (κ1) is 40.8. The molecule has 3 aromatic carbocycles. The largest absolute Gasteiger partial charge is 0.490 e. The number of rotatable bonds is 27. The van der Waals surface area contributed by atoms with Crippen LogP contribution in [-0.2, 0) is 0 Å². The van der Waals surface area contributed by atoms with Gasteiger partial charge in [0.05, 0.1) is 44.7 Å². The van der Waals surface area contributed by atoms with Gasteiger partial charge in [-0.3, -0.25) is 0 Å². The number of fused-ring (bicyclic) bond motifs is 3. The molecule has 6 heteroatoms. The molecule has 0 saturated carbocycles. The zero-order valence-electron chi connectivity index (χ0n) is 32.2. The molecule has 50 heavy (non-hydrogen) atoms. The molecule has 2 atom stereocenters. The van der Waals surface area contributed by atoms with Crippen LogP contribution in [0.5, 0.6) is 28.7 Å². The molecule has 2 unspecified atom stereocenters. The van der Waals surface area contributed by atoms with E-state index in [0.717, 1.165) is 72.9 Å². The van der Waals surface area contributed by atoms with Crippen LogP contribution >= 0.6 is 0 Å². The lowest BCUT2D eigenvalue weighted by Crippen LogP contribution is -2.13. The van der Waals surface area contributed by atoms with Crippen molar-refractivity contribution in [2.75, 3.05) is 33.0 Å². The molecule has 276 valence electrons. The summed E-state index contributed by atoms with van der Waals surface area (Å²) < 4.78 is 32.7. The molecule has 0 aliphatic rings. The highest BCUT2D eigenvalue weighted by Crippen LogP contribution is 2.49. The number of hydrogen-bond acceptors (Lipinski definition) is 6. The quantitative estimate of drug-likeness (QED) is 0.0451. The molecular weight excluding hydrogens is 622 g/mol. The van der Waals surface area contributed by atoms with Crippen molar-refractivity contribution in [1.29, 1.82) is 5.26 Å². The van der Waals surface area contributed by atoms with E-state index in [0.29, 0.717) is 79.2 Å². The number of benzene rings is 3. The Morgan fingerprint density at radius 2 is 1.14 bits per heavy atom. The third-order valence-corrected chi connectivity index (χ3v) is 9.54. The molecule has 0 aromatic heterocycles. The Morgan fingerprint density at radius 3 is 1.68 bits per heavy atom. The van der Waals surface area contributed by atoms with Gasteiger partial charge in [0.2, 0.25) is 5.75 Å². The van der Waals surface area contributed by atoms with Crippen molar-refractivity contribution in [1.82, 2.24) is 0 Å². The molecule has 0 heterocycles. The molecule has 3 aromatic rings. The smallest absolute Gasteiger partial charge is 0.204 e. The van der Waals surface area contributed by atoms with Crippen molar-refractivity contribution >= 4 is 21.5 Å². The maximum absolute atomic E-state index is 10.5. The second-order valence-corrected chi connectivity index (χ2v) is 14.0. The third kappa shape index (κ3) is 12.3. The van der Waals surface area contributed by atoms with Crippen molar-refractivity contribution in [3.63, 3.8) is 0 Å². The molecule has 0 bridgehead atoms. The van der Waals surface area contributed by atoms with Crippen LogP contribution in [0.3, 0.4) is 0 Å². The van der Waals surface area contributed by atoms with E-state index in [1.165, 1.54) is 38.5 Å². The van der Waals surface area contributed by atoms with Gasteiger partial charge in [-0.1, -0.05) is 112 Å². The third-order valence-electron chi connectivity index (χ3n) is 9.54. The van der Waals surface area contributed by atoms with E-state index in [1.54, 1.807) is 0 Å². The molecule has 0 fully saturated rings. The van der Waals surface area contributed by atoms with Crippen LogP contribution in [0.2, 0.25) is 0 Å². The van der Waals surface area contributed by atoms with Gasteiger partial charge in [0, 0.05) is 10.8 Å². The number of ether oxygens (including phenoxy) is 5. The van der Waals surface area contributed by atoms with Crippen LogP contribution < -0.4 is 23.7 Å². The minimum absolute atomic E-state index is 0.346. The summed E-state index contributed by atoms with van der Waals surface area (Å²) in [5.41, 5.74) is 0.574. The van der Waals surface area contributed by atoms with Crippen LogP contribution in [0.25, 0.3) is 21.5 Å². The molecule has 0 amide bonds. The minimum Gasteiger partial charge on any atom is -0.490 e. The van der Waals surface area contributed by atoms with Gasteiger partial charge in [-0.05, 0) is 72.6 Å². The Morgan fingerprint density at radius 1 is 0.620 bits per heavy atom. The molecule has 6 nitrogen and oxygen atoms in total. The second-order valence-electron chi connectivity index (χ2n) is 14.0. The molecular formula is C44H65NO5. The number of unbranched alkanes of at least 4 members (excludes halogenated alkanes) is 9. The van der Waals surface area contributed by atoms with Crippen LogP contribution in [-0.4, -0.2) is 33.0 Å². The van der Waals surface area contributed by atoms with Gasteiger partial charge >= 0.3 is 0 Å². The highest BCUT2D eigenvalue weighted by Gasteiger charge is 2.24. The highest BCUT2D eigenvalue weighted by molar-refractivity contribution is 6.15. The zero-order chi connectivity index (χ0) is 36.1. The Hall–Kier alpha value is -3.59. The Bertz CT molecular complexity index is 1490. The average Bonchev–Trinajstić information content (AvgIpc) is 3.13. The molecule has 0 spiro atoms. The van der Waals surface area contributed by atoms with Gasteiger partial charge in [0.15, 0.2) is 23.0 Å². The zero-order valence-corrected chi connectivity index (χ0v) is 32.2. The van der Waals surface area contributed by atoms with Gasteiger partial charge in [0.1, 0.15) is 0 Å². The summed E-state index contributed by atoms with van der Waals surface area (Å²) in [6, 6.07) is 10.5. The lowest BCUT2D eigenvalue weighted by molar-refractivity contribution is 0.206. The second kappa shape index (κ2) is 23.0. The molecule has 0 aliphatic carbocycles. The van der Waals surface area contributed by atoms with Gasteiger partial charge in [0.25, 0.3) is 0 Å². The van der Waals surface area contributed by atoms with Crippen LogP contribution in [0.4, 0.5) is 0 Å². The number of nitriles is 1. The summed E-state index contributed by atoms with van der Waals surface area (Å²) in [5.74, 6) is 4.02. The van der Waals surface area contributed by atoms with Crippen LogP contribution in [0.1, 0.15) is 137 Å². The maximum Gasteiger partial charge on any atom is 0.204 e. The van der Waals surface area contributed by atoms with Crippen LogP contribution in [0, 0.1) is 23.2 Å². The fourth-order valence-corrected chi connectivity index (χ4v) is 5.82. The fourth-order valence-electron chi connectivity index (χ4n) is 5.82. The maximum atomic E-state index is 10.5. The van der Waals surface area contributed by atoms with E-state index >= 15 is 0 Å². The lowest BCUT2D eigenvalue weighted by atomic mass is 9.95. The molecule has 0 radical (unpaired) electrons. The lowest BCUT2D eigenvalue weighted by Gasteiger charge is -2.23. The fraction of sp³-hybridized carbons (Fsp3) is 0.614. The summed E-state index contributed by atoms with van der Waals surface area (Å²) in [6.07, 6.45) is 17.2. The Labute approximate surface area is 303 Å². The van der Waals surface area contributed by atoms with E-state index in [4.69, 9.17) is 23.7 Å². The SMILES string of the molecule is C=CCCCOc1cc2cc(C#N)c3cc(OCCCCCCC)c(OCCCCCCC)cc3c2c(OCC(C)CC)c1OCC(C)CC. The highest BCUT2D eigenvalue weighted by atomic mass is 16.5. The van der Waals surface area contributed by atoms with E-state index in [9.17, 15) is 5.26 Å². The first-order valence-corrected chi connectivity index (χ1v) is 19.7. The number of allylic oxidation sites excluding steroid dienone is 1. The van der Waals surface area contributed by atoms with E-state index in [-0.39, 0.29) is 0 Å². The average molecular weight is 688 g/mol. The molecule has 0 N–H and O–H groups in total. The monoisotopic (exact) mass is 687 g/mol. The Balaban J connectivity index is 2.24. The van der Waals surface area contributed by atoms with Crippen molar-refractivity contribution in [3.05, 3.63) is 42.5 Å². The van der Waals surface area contributed by atoms with Crippen molar-refractivity contribution in [2.24, 2.45) is 11.8 Å². The molecule has 0 saturated heterocycles. The first-order chi connectivity index (χ1) is 24.4. The normalized spacial score (nSPS) is 12.4. The van der Waals surface area contributed by atoms with Crippen LogP contribution in [0.15, 0.2) is 36.9 Å². The van der Waals surface area contributed by atoms with Crippen molar-refractivity contribution < 1.29 is 23.7 Å². The van der Waals surface area contributed by atoms with Crippen molar-refractivity contribution in [3.8, 4) is 34.8 Å². The molecule has 3 rings (SSSR count). The number of nitrogens with zero attached hydrogens (tertiary/aromatic N) is 1.